The average Bonchev–Trinajstić information content (AvgIpc) is 2.62. The Morgan fingerprint density at radius 1 is 1.03 bits per heavy atom. The first-order valence-corrected chi connectivity index (χ1v) is 8.58. The summed E-state index contributed by atoms with van der Waals surface area (Å²) in [4.78, 5) is 12.2. The van der Waals surface area contributed by atoms with E-state index in [4.69, 9.17) is 0 Å². The largest absolute Gasteiger partial charge is 0.480 e. The summed E-state index contributed by atoms with van der Waals surface area (Å²) < 4.78 is 83.2. The van der Waals surface area contributed by atoms with Crippen molar-refractivity contribution in [1.82, 2.24) is 10.6 Å². The number of hydrogen-bond donors (Lipinski definition) is 2. The summed E-state index contributed by atoms with van der Waals surface area (Å²) in [5.41, 5.74) is -0.0488. The predicted octanol–water partition coefficient (Wildman–Crippen LogP) is 3.86. The summed E-state index contributed by atoms with van der Waals surface area (Å²) >= 11 is 0. The molecule has 0 aliphatic carbocycles. The lowest BCUT2D eigenvalue weighted by molar-refractivity contribution is -0.158. The Kier molecular flexibility index (Phi) is 9.34. The van der Waals surface area contributed by atoms with Crippen LogP contribution in [0.4, 0.5) is 26.3 Å². The third-order valence-corrected chi connectivity index (χ3v) is 3.91. The van der Waals surface area contributed by atoms with Gasteiger partial charge in [-0.15, -0.1) is 12.4 Å². The molecule has 1 unspecified atom stereocenters. The molecule has 0 aromatic heterocycles. The second kappa shape index (κ2) is 10.8. The number of amides is 1. The normalized spacial score (nSPS) is 17.2. The van der Waals surface area contributed by atoms with Gasteiger partial charge in [-0.1, -0.05) is 6.42 Å². The molecule has 0 radical (unpaired) electrons. The van der Waals surface area contributed by atoms with Gasteiger partial charge in [-0.2, -0.15) is 26.3 Å². The van der Waals surface area contributed by atoms with Crippen molar-refractivity contribution in [3.63, 3.8) is 0 Å². The minimum absolute atomic E-state index is 0. The van der Waals surface area contributed by atoms with E-state index in [1.165, 1.54) is 0 Å². The fourth-order valence-electron chi connectivity index (χ4n) is 2.62. The lowest BCUT2D eigenvalue weighted by Gasteiger charge is -2.23. The van der Waals surface area contributed by atoms with Crippen LogP contribution in [0.25, 0.3) is 0 Å². The number of hydrogen-bond acceptors (Lipinski definition) is 4. The van der Waals surface area contributed by atoms with E-state index in [0.29, 0.717) is 6.54 Å². The molecule has 1 aromatic carbocycles. The Bertz CT molecular complexity index is 664. The van der Waals surface area contributed by atoms with Gasteiger partial charge < -0.3 is 20.1 Å². The number of carbonyl (C=O) groups excluding carboxylic acids is 1. The molecule has 0 spiro atoms. The minimum atomic E-state index is -4.70. The lowest BCUT2D eigenvalue weighted by Crippen LogP contribution is -2.43. The standard InChI is InChI=1S/C17H20F6N2O3.ClH/c18-16(19,20)9-27-13-5-4-11(7-14(13)28-10-17(21,22)23)15(26)25-8-12-3-1-2-6-24-12;/h4-5,7,12,24H,1-3,6,8-10H2,(H,25,26);1H. The van der Waals surface area contributed by atoms with Gasteiger partial charge in [0.25, 0.3) is 5.91 Å². The molecular weight excluding hydrogens is 430 g/mol. The molecule has 5 nitrogen and oxygen atoms in total. The number of alkyl halides is 6. The summed E-state index contributed by atoms with van der Waals surface area (Å²) in [5, 5.41) is 5.87. The highest BCUT2D eigenvalue weighted by atomic mass is 35.5. The van der Waals surface area contributed by atoms with Gasteiger partial charge in [0, 0.05) is 18.2 Å². The average molecular weight is 451 g/mol. The van der Waals surface area contributed by atoms with Crippen LogP contribution in [0.3, 0.4) is 0 Å². The zero-order valence-corrected chi connectivity index (χ0v) is 16.0. The molecule has 1 aliphatic heterocycles. The van der Waals surface area contributed by atoms with Crippen LogP contribution in [0.2, 0.25) is 0 Å². The van der Waals surface area contributed by atoms with Crippen LogP contribution in [0, 0.1) is 0 Å². The topological polar surface area (TPSA) is 59.6 Å². The van der Waals surface area contributed by atoms with Crippen molar-refractivity contribution in [3.8, 4) is 11.5 Å². The Labute approximate surface area is 169 Å². The van der Waals surface area contributed by atoms with E-state index in [1.54, 1.807) is 0 Å². The molecule has 0 saturated carbocycles. The van der Waals surface area contributed by atoms with Crippen molar-refractivity contribution in [1.29, 1.82) is 0 Å². The third kappa shape index (κ3) is 9.44. The molecule has 1 heterocycles. The van der Waals surface area contributed by atoms with Gasteiger partial charge in [-0.25, -0.2) is 0 Å². The number of piperidine rings is 1. The van der Waals surface area contributed by atoms with Gasteiger partial charge in [0.2, 0.25) is 0 Å². The SMILES string of the molecule is Cl.O=C(NCC1CCCCN1)c1ccc(OCC(F)(F)F)c(OCC(F)(F)F)c1. The fourth-order valence-corrected chi connectivity index (χ4v) is 2.62. The Hall–Kier alpha value is -1.88. The fraction of sp³-hybridized carbons (Fsp3) is 0.588. The zero-order valence-electron chi connectivity index (χ0n) is 15.2. The zero-order chi connectivity index (χ0) is 20.8. The first-order valence-electron chi connectivity index (χ1n) is 8.58. The van der Waals surface area contributed by atoms with Crippen LogP contribution in [-0.2, 0) is 0 Å². The molecule has 0 bridgehead atoms. The van der Waals surface area contributed by atoms with Gasteiger partial charge in [0.05, 0.1) is 0 Å². The minimum Gasteiger partial charge on any atom is -0.480 e. The summed E-state index contributed by atoms with van der Waals surface area (Å²) in [6.07, 6.45) is -6.43. The van der Waals surface area contributed by atoms with Crippen LogP contribution >= 0.6 is 12.4 Å². The Morgan fingerprint density at radius 3 is 2.21 bits per heavy atom. The van der Waals surface area contributed by atoms with Crippen molar-refractivity contribution in [2.75, 3.05) is 26.3 Å². The maximum Gasteiger partial charge on any atom is 0.422 e. The third-order valence-electron chi connectivity index (χ3n) is 3.91. The number of ether oxygens (including phenoxy) is 2. The maximum absolute atomic E-state index is 12.4. The van der Waals surface area contributed by atoms with E-state index in [1.807, 2.05) is 0 Å². The highest BCUT2D eigenvalue weighted by Gasteiger charge is 2.31. The molecule has 29 heavy (non-hydrogen) atoms. The molecule has 1 amide bonds. The monoisotopic (exact) mass is 450 g/mol. The van der Waals surface area contributed by atoms with Crippen molar-refractivity contribution >= 4 is 18.3 Å². The van der Waals surface area contributed by atoms with Gasteiger partial charge >= 0.3 is 12.4 Å². The molecule has 1 aliphatic rings. The molecule has 2 N–H and O–H groups in total. The maximum atomic E-state index is 12.4. The lowest BCUT2D eigenvalue weighted by atomic mass is 10.0. The van der Waals surface area contributed by atoms with Crippen LogP contribution in [-0.4, -0.2) is 50.6 Å². The van der Waals surface area contributed by atoms with E-state index in [0.717, 1.165) is 44.0 Å². The first kappa shape index (κ1) is 25.2. The van der Waals surface area contributed by atoms with Gasteiger partial charge in [-0.3, -0.25) is 4.79 Å². The Morgan fingerprint density at radius 2 is 1.66 bits per heavy atom. The highest BCUT2D eigenvalue weighted by Crippen LogP contribution is 2.31. The van der Waals surface area contributed by atoms with Crippen LogP contribution in [0.1, 0.15) is 29.6 Å². The van der Waals surface area contributed by atoms with E-state index in [9.17, 15) is 31.1 Å². The number of carbonyl (C=O) groups is 1. The van der Waals surface area contributed by atoms with E-state index in [-0.39, 0.29) is 24.0 Å². The molecule has 1 aromatic rings. The smallest absolute Gasteiger partial charge is 0.422 e. The first-order chi connectivity index (χ1) is 13.0. The molecular formula is C17H21ClF6N2O3. The number of nitrogens with one attached hydrogen (secondary N) is 2. The second-order valence-corrected chi connectivity index (χ2v) is 6.33. The van der Waals surface area contributed by atoms with E-state index >= 15 is 0 Å². The molecule has 1 atom stereocenters. The van der Waals surface area contributed by atoms with Gasteiger partial charge in [0.15, 0.2) is 24.7 Å². The molecule has 166 valence electrons. The summed E-state index contributed by atoms with van der Waals surface area (Å²) in [6, 6.07) is 3.16. The molecule has 12 heteroatoms. The van der Waals surface area contributed by atoms with Crippen molar-refractivity contribution in [3.05, 3.63) is 23.8 Å². The number of halogens is 7. The quantitative estimate of drug-likeness (QED) is 0.619. The predicted molar refractivity (Wildman–Crippen MR) is 94.8 cm³/mol. The van der Waals surface area contributed by atoms with Gasteiger partial charge in [-0.05, 0) is 37.6 Å². The van der Waals surface area contributed by atoms with Crippen LogP contribution < -0.4 is 20.1 Å². The van der Waals surface area contributed by atoms with E-state index in [2.05, 4.69) is 20.1 Å². The van der Waals surface area contributed by atoms with Crippen LogP contribution in [0.15, 0.2) is 18.2 Å². The van der Waals surface area contributed by atoms with Gasteiger partial charge in [0.1, 0.15) is 0 Å². The molecule has 1 fully saturated rings. The van der Waals surface area contributed by atoms with Crippen molar-refractivity contribution < 1.29 is 40.6 Å². The number of benzene rings is 1. The molecule has 1 saturated heterocycles. The second-order valence-electron chi connectivity index (χ2n) is 6.33. The number of rotatable bonds is 7. The van der Waals surface area contributed by atoms with Crippen molar-refractivity contribution in [2.24, 2.45) is 0 Å². The highest BCUT2D eigenvalue weighted by molar-refractivity contribution is 5.94. The summed E-state index contributed by atoms with van der Waals surface area (Å²) in [7, 11) is 0. The summed E-state index contributed by atoms with van der Waals surface area (Å²) in [5.74, 6) is -1.70. The molecule has 2 rings (SSSR count). The van der Waals surface area contributed by atoms with E-state index < -0.39 is 43.0 Å². The Balaban J connectivity index is 0.00000420. The summed E-state index contributed by atoms with van der Waals surface area (Å²) in [6.45, 7) is -2.27. The van der Waals surface area contributed by atoms with Crippen molar-refractivity contribution in [2.45, 2.75) is 37.7 Å². The van der Waals surface area contributed by atoms with Crippen LogP contribution in [0.5, 0.6) is 11.5 Å².